The molecule has 0 radical (unpaired) electrons. The number of β-amino-alcohol motifs (C(OH)–C–C–N with tert-alkyl or cyclic N) is 1. The lowest BCUT2D eigenvalue weighted by Gasteiger charge is -2.32. The molecule has 2 atom stereocenters. The summed E-state index contributed by atoms with van der Waals surface area (Å²) in [6, 6.07) is 0.198. The van der Waals surface area contributed by atoms with E-state index in [-0.39, 0.29) is 12.1 Å². The van der Waals surface area contributed by atoms with E-state index in [0.717, 1.165) is 12.8 Å². The van der Waals surface area contributed by atoms with E-state index in [1.165, 1.54) is 6.42 Å². The highest BCUT2D eigenvalue weighted by Gasteiger charge is 2.32. The Labute approximate surface area is 89.8 Å². The van der Waals surface area contributed by atoms with Crippen molar-refractivity contribution in [3.63, 3.8) is 0 Å². The van der Waals surface area contributed by atoms with Gasteiger partial charge in [0.25, 0.3) is 0 Å². The van der Waals surface area contributed by atoms with Crippen molar-refractivity contribution < 1.29 is 9.90 Å². The van der Waals surface area contributed by atoms with Gasteiger partial charge in [-0.05, 0) is 19.3 Å². The Morgan fingerprint density at radius 1 is 1.47 bits per heavy atom. The monoisotopic (exact) mass is 213 g/mol. The molecule has 1 heterocycles. The SMILES string of the molecule is CN(C(=O)NC1CCC1)[C@@H]1CNC[C@H]1O. The van der Waals surface area contributed by atoms with E-state index >= 15 is 0 Å². The number of carbonyl (C=O) groups excluding carboxylic acids is 1. The van der Waals surface area contributed by atoms with Gasteiger partial charge in [0.1, 0.15) is 0 Å². The van der Waals surface area contributed by atoms with E-state index < -0.39 is 6.10 Å². The van der Waals surface area contributed by atoms with Crippen LogP contribution < -0.4 is 10.6 Å². The molecule has 2 fully saturated rings. The Balaban J connectivity index is 1.82. The molecule has 0 bridgehead atoms. The Morgan fingerprint density at radius 3 is 2.67 bits per heavy atom. The second-order valence-corrected chi connectivity index (χ2v) is 4.48. The summed E-state index contributed by atoms with van der Waals surface area (Å²) in [4.78, 5) is 13.4. The fourth-order valence-electron chi connectivity index (χ4n) is 2.03. The molecule has 1 saturated heterocycles. The molecular weight excluding hydrogens is 194 g/mol. The highest BCUT2D eigenvalue weighted by atomic mass is 16.3. The first-order valence-corrected chi connectivity index (χ1v) is 5.60. The van der Waals surface area contributed by atoms with Crippen molar-refractivity contribution in [3.05, 3.63) is 0 Å². The van der Waals surface area contributed by atoms with Crippen LogP contribution in [0.2, 0.25) is 0 Å². The van der Waals surface area contributed by atoms with Crippen molar-refractivity contribution >= 4 is 6.03 Å². The smallest absolute Gasteiger partial charge is 0.317 e. The molecule has 0 aromatic rings. The van der Waals surface area contributed by atoms with Crippen LogP contribution in [0, 0.1) is 0 Å². The van der Waals surface area contributed by atoms with Crippen LogP contribution in [0.25, 0.3) is 0 Å². The average Bonchev–Trinajstić information content (AvgIpc) is 2.56. The van der Waals surface area contributed by atoms with Crippen molar-refractivity contribution in [1.82, 2.24) is 15.5 Å². The third-order valence-electron chi connectivity index (χ3n) is 3.40. The van der Waals surface area contributed by atoms with Gasteiger partial charge in [-0.2, -0.15) is 0 Å². The number of hydrogen-bond acceptors (Lipinski definition) is 3. The van der Waals surface area contributed by atoms with Gasteiger partial charge in [-0.1, -0.05) is 0 Å². The maximum absolute atomic E-state index is 11.8. The minimum Gasteiger partial charge on any atom is -0.390 e. The molecule has 2 rings (SSSR count). The lowest BCUT2D eigenvalue weighted by atomic mass is 9.93. The van der Waals surface area contributed by atoms with Crippen LogP contribution in [0.5, 0.6) is 0 Å². The average molecular weight is 213 g/mol. The molecule has 0 aromatic carbocycles. The van der Waals surface area contributed by atoms with E-state index in [4.69, 9.17) is 0 Å². The van der Waals surface area contributed by atoms with E-state index in [1.807, 2.05) is 0 Å². The quantitative estimate of drug-likeness (QED) is 0.580. The summed E-state index contributed by atoms with van der Waals surface area (Å²) in [5, 5.41) is 15.7. The lowest BCUT2D eigenvalue weighted by Crippen LogP contribution is -2.52. The third kappa shape index (κ3) is 2.23. The molecule has 2 amide bonds. The number of aliphatic hydroxyl groups is 1. The Morgan fingerprint density at radius 2 is 2.20 bits per heavy atom. The fraction of sp³-hybridized carbons (Fsp3) is 0.900. The Kier molecular flexibility index (Phi) is 3.11. The number of amides is 2. The molecule has 86 valence electrons. The third-order valence-corrected chi connectivity index (χ3v) is 3.40. The zero-order chi connectivity index (χ0) is 10.8. The Hall–Kier alpha value is -0.810. The molecular formula is C10H19N3O2. The predicted molar refractivity (Wildman–Crippen MR) is 56.6 cm³/mol. The zero-order valence-corrected chi connectivity index (χ0v) is 9.07. The number of likely N-dealkylation sites (N-methyl/N-ethyl adjacent to an activating group) is 1. The second kappa shape index (κ2) is 4.37. The van der Waals surface area contributed by atoms with Crippen molar-refractivity contribution in [2.45, 2.75) is 37.5 Å². The topological polar surface area (TPSA) is 64.6 Å². The summed E-state index contributed by atoms with van der Waals surface area (Å²) < 4.78 is 0. The summed E-state index contributed by atoms with van der Waals surface area (Å²) in [6.45, 7) is 1.25. The van der Waals surface area contributed by atoms with Crippen LogP contribution in [0.1, 0.15) is 19.3 Å². The maximum atomic E-state index is 11.8. The van der Waals surface area contributed by atoms with Gasteiger partial charge in [-0.3, -0.25) is 0 Å². The minimum atomic E-state index is -0.442. The van der Waals surface area contributed by atoms with Crippen LogP contribution in [-0.2, 0) is 0 Å². The summed E-state index contributed by atoms with van der Waals surface area (Å²) in [5.41, 5.74) is 0. The highest BCUT2D eigenvalue weighted by Crippen LogP contribution is 2.18. The van der Waals surface area contributed by atoms with Crippen LogP contribution >= 0.6 is 0 Å². The number of aliphatic hydroxyl groups excluding tert-OH is 1. The van der Waals surface area contributed by atoms with E-state index in [2.05, 4.69) is 10.6 Å². The molecule has 2 aliphatic rings. The number of urea groups is 1. The number of carbonyl (C=O) groups is 1. The van der Waals surface area contributed by atoms with Gasteiger partial charge in [-0.25, -0.2) is 4.79 Å². The lowest BCUT2D eigenvalue weighted by molar-refractivity contribution is 0.107. The molecule has 0 spiro atoms. The molecule has 0 aromatic heterocycles. The number of nitrogens with zero attached hydrogens (tertiary/aromatic N) is 1. The van der Waals surface area contributed by atoms with E-state index in [0.29, 0.717) is 19.1 Å². The number of nitrogens with one attached hydrogen (secondary N) is 2. The standard InChI is InChI=1S/C10H19N3O2/c1-13(8-5-11-6-9(8)14)10(15)12-7-3-2-4-7/h7-9,11,14H,2-6H2,1H3,(H,12,15)/t8-,9-/m1/s1. The fourth-order valence-corrected chi connectivity index (χ4v) is 2.03. The summed E-state index contributed by atoms with van der Waals surface area (Å²) in [5.74, 6) is 0. The van der Waals surface area contributed by atoms with Crippen molar-refractivity contribution in [2.24, 2.45) is 0 Å². The molecule has 15 heavy (non-hydrogen) atoms. The van der Waals surface area contributed by atoms with Gasteiger partial charge >= 0.3 is 6.03 Å². The van der Waals surface area contributed by atoms with Gasteiger partial charge in [0.15, 0.2) is 0 Å². The van der Waals surface area contributed by atoms with Gasteiger partial charge in [0.05, 0.1) is 12.1 Å². The molecule has 5 nitrogen and oxygen atoms in total. The second-order valence-electron chi connectivity index (χ2n) is 4.48. The molecule has 1 saturated carbocycles. The van der Waals surface area contributed by atoms with Gasteiger partial charge in [0, 0.05) is 26.2 Å². The van der Waals surface area contributed by atoms with E-state index in [1.54, 1.807) is 11.9 Å². The number of hydrogen-bond donors (Lipinski definition) is 3. The van der Waals surface area contributed by atoms with Crippen molar-refractivity contribution in [3.8, 4) is 0 Å². The first-order chi connectivity index (χ1) is 7.18. The van der Waals surface area contributed by atoms with Crippen molar-refractivity contribution in [1.29, 1.82) is 0 Å². The number of rotatable bonds is 2. The largest absolute Gasteiger partial charge is 0.390 e. The summed E-state index contributed by atoms with van der Waals surface area (Å²) in [6.07, 6.45) is 2.94. The molecule has 3 N–H and O–H groups in total. The van der Waals surface area contributed by atoms with Gasteiger partial charge in [-0.15, -0.1) is 0 Å². The highest BCUT2D eigenvalue weighted by molar-refractivity contribution is 5.74. The maximum Gasteiger partial charge on any atom is 0.317 e. The van der Waals surface area contributed by atoms with Crippen LogP contribution in [0.15, 0.2) is 0 Å². The minimum absolute atomic E-state index is 0.0625. The zero-order valence-electron chi connectivity index (χ0n) is 9.07. The summed E-state index contributed by atoms with van der Waals surface area (Å²) >= 11 is 0. The first kappa shape index (κ1) is 10.7. The van der Waals surface area contributed by atoms with Gasteiger partial charge < -0.3 is 20.6 Å². The van der Waals surface area contributed by atoms with Crippen LogP contribution in [0.3, 0.4) is 0 Å². The normalized spacial score (nSPS) is 31.1. The molecule has 0 unspecified atom stereocenters. The predicted octanol–water partition coefficient (Wildman–Crippen LogP) is -0.487. The summed E-state index contributed by atoms with van der Waals surface area (Å²) in [7, 11) is 1.74. The first-order valence-electron chi connectivity index (χ1n) is 5.60. The molecule has 5 heteroatoms. The Bertz CT molecular complexity index is 243. The van der Waals surface area contributed by atoms with Crippen LogP contribution in [-0.4, -0.2) is 54.4 Å². The van der Waals surface area contributed by atoms with Crippen molar-refractivity contribution in [2.75, 3.05) is 20.1 Å². The van der Waals surface area contributed by atoms with E-state index in [9.17, 15) is 9.90 Å². The van der Waals surface area contributed by atoms with Gasteiger partial charge in [0.2, 0.25) is 0 Å². The molecule has 1 aliphatic carbocycles. The molecule has 1 aliphatic heterocycles. The van der Waals surface area contributed by atoms with Crippen LogP contribution in [0.4, 0.5) is 4.79 Å².